The third kappa shape index (κ3) is 4.90. The lowest BCUT2D eigenvalue weighted by Crippen LogP contribution is -2.43. The van der Waals surface area contributed by atoms with E-state index in [1.54, 1.807) is 26.1 Å². The number of hydrogen-bond donors (Lipinski definition) is 2. The van der Waals surface area contributed by atoms with Crippen molar-refractivity contribution in [2.75, 3.05) is 50.4 Å². The Kier molecular flexibility index (Phi) is 5.90. The molecule has 1 aromatic rings. The largest absolute Gasteiger partial charge is 0.381 e. The molecule has 1 aromatic carbocycles. The maximum atomic E-state index is 13.6. The quantitative estimate of drug-likeness (QED) is 0.581. The maximum Gasteiger partial charge on any atom is 0.234 e. The van der Waals surface area contributed by atoms with Crippen LogP contribution >= 0.6 is 0 Å². The van der Waals surface area contributed by atoms with E-state index in [-0.39, 0.29) is 23.4 Å². The second-order valence-corrected chi connectivity index (χ2v) is 9.17. The van der Waals surface area contributed by atoms with Gasteiger partial charge in [0.15, 0.2) is 5.96 Å². The van der Waals surface area contributed by atoms with Crippen LogP contribution in [0.3, 0.4) is 0 Å². The van der Waals surface area contributed by atoms with Crippen LogP contribution in [0.4, 0.5) is 10.1 Å². The number of rotatable bonds is 5. The van der Waals surface area contributed by atoms with Crippen molar-refractivity contribution >= 4 is 21.7 Å². The minimum absolute atomic E-state index is 0.135. The number of sulfonamides is 1. The summed E-state index contributed by atoms with van der Waals surface area (Å²) in [5.41, 5.74) is 0.908. The first kappa shape index (κ1) is 19.9. The number of nitrogens with one attached hydrogen (secondary N) is 2. The van der Waals surface area contributed by atoms with Gasteiger partial charge in [0.25, 0.3) is 0 Å². The van der Waals surface area contributed by atoms with Gasteiger partial charge in [0.1, 0.15) is 5.82 Å². The van der Waals surface area contributed by atoms with Crippen LogP contribution in [0, 0.1) is 18.2 Å². The van der Waals surface area contributed by atoms with E-state index < -0.39 is 15.8 Å². The van der Waals surface area contributed by atoms with Crippen LogP contribution in [0.1, 0.15) is 18.4 Å². The summed E-state index contributed by atoms with van der Waals surface area (Å²) < 4.78 is 46.0. The number of hydrogen-bond acceptors (Lipinski definition) is 4. The van der Waals surface area contributed by atoms with Crippen LogP contribution in [0.5, 0.6) is 0 Å². The molecule has 0 aromatic heterocycles. The molecule has 0 saturated carbocycles. The number of benzene rings is 1. The summed E-state index contributed by atoms with van der Waals surface area (Å²) in [6.45, 7) is 5.20. The summed E-state index contributed by atoms with van der Waals surface area (Å²) in [6.07, 6.45) is 2.12. The van der Waals surface area contributed by atoms with E-state index in [0.717, 1.165) is 39.1 Å². The molecule has 27 heavy (non-hydrogen) atoms. The molecule has 0 radical (unpaired) electrons. The first-order valence-corrected chi connectivity index (χ1v) is 10.8. The molecular formula is C18H27FN4O3S. The zero-order valence-electron chi connectivity index (χ0n) is 15.8. The highest BCUT2D eigenvalue weighted by Gasteiger charge is 2.42. The summed E-state index contributed by atoms with van der Waals surface area (Å²) >= 11 is 0. The molecule has 2 aliphatic heterocycles. The average Bonchev–Trinajstić information content (AvgIpc) is 3.25. The Labute approximate surface area is 160 Å². The molecule has 2 aliphatic rings. The lowest BCUT2D eigenvalue weighted by atomic mass is 9.87. The maximum absolute atomic E-state index is 13.6. The number of ether oxygens (including phenoxy) is 1. The second kappa shape index (κ2) is 8.02. The van der Waals surface area contributed by atoms with E-state index >= 15 is 0 Å². The SMILES string of the molecule is CN=C(NCCS(=O)(=O)Nc1ccc(C)c(F)c1)N1CCC2(CCOC2)C1. The molecule has 0 aliphatic carbocycles. The van der Waals surface area contributed by atoms with Gasteiger partial charge in [-0.1, -0.05) is 6.07 Å². The smallest absolute Gasteiger partial charge is 0.234 e. The molecular weight excluding hydrogens is 371 g/mol. The van der Waals surface area contributed by atoms with Gasteiger partial charge in [-0.15, -0.1) is 0 Å². The van der Waals surface area contributed by atoms with Crippen molar-refractivity contribution in [3.8, 4) is 0 Å². The normalized spacial score (nSPS) is 23.2. The number of aryl methyl sites for hydroxylation is 1. The standard InChI is InChI=1S/C18H27FN4O3S/c1-14-3-4-15(11-16(14)19)22-27(24,25)10-7-21-17(20-2)23-8-5-18(12-23)6-9-26-13-18/h3-4,11,22H,5-10,12-13H2,1-2H3,(H,20,21). The monoisotopic (exact) mass is 398 g/mol. The van der Waals surface area contributed by atoms with E-state index in [0.29, 0.717) is 11.5 Å². The molecule has 2 heterocycles. The molecule has 0 amide bonds. The Balaban J connectivity index is 1.50. The van der Waals surface area contributed by atoms with Gasteiger partial charge in [0.2, 0.25) is 10.0 Å². The lowest BCUT2D eigenvalue weighted by Gasteiger charge is -2.25. The van der Waals surface area contributed by atoms with Crippen molar-refractivity contribution in [3.05, 3.63) is 29.6 Å². The van der Waals surface area contributed by atoms with Crippen molar-refractivity contribution in [3.63, 3.8) is 0 Å². The first-order chi connectivity index (χ1) is 12.8. The predicted octanol–water partition coefficient (Wildman–Crippen LogP) is 1.56. The Morgan fingerprint density at radius 3 is 2.89 bits per heavy atom. The summed E-state index contributed by atoms with van der Waals surface area (Å²) in [5.74, 6) is 0.131. The molecule has 1 atom stereocenters. The Morgan fingerprint density at radius 1 is 1.41 bits per heavy atom. The lowest BCUT2D eigenvalue weighted by molar-refractivity contribution is 0.156. The fourth-order valence-corrected chi connectivity index (χ4v) is 4.56. The van der Waals surface area contributed by atoms with Crippen molar-refractivity contribution in [2.24, 2.45) is 10.4 Å². The highest BCUT2D eigenvalue weighted by molar-refractivity contribution is 7.92. The number of anilines is 1. The van der Waals surface area contributed by atoms with Gasteiger partial charge in [-0.25, -0.2) is 12.8 Å². The highest BCUT2D eigenvalue weighted by Crippen LogP contribution is 2.38. The summed E-state index contributed by atoms with van der Waals surface area (Å²) in [5, 5.41) is 3.12. The number of nitrogens with zero attached hydrogens (tertiary/aromatic N) is 2. The van der Waals surface area contributed by atoms with Crippen molar-refractivity contribution < 1.29 is 17.5 Å². The zero-order valence-corrected chi connectivity index (χ0v) is 16.6. The number of halogens is 1. The van der Waals surface area contributed by atoms with Crippen LogP contribution < -0.4 is 10.0 Å². The Bertz CT molecular complexity index is 807. The topological polar surface area (TPSA) is 83.0 Å². The number of aliphatic imine (C=N–C) groups is 1. The van der Waals surface area contributed by atoms with Gasteiger partial charge < -0.3 is 15.0 Å². The molecule has 3 rings (SSSR count). The summed E-state index contributed by atoms with van der Waals surface area (Å²) in [6, 6.07) is 4.28. The van der Waals surface area contributed by atoms with Crippen LogP contribution in [0.2, 0.25) is 0 Å². The molecule has 1 spiro atoms. The molecule has 0 bridgehead atoms. The third-order valence-corrected chi connectivity index (χ3v) is 6.52. The minimum atomic E-state index is -3.59. The second-order valence-electron chi connectivity index (χ2n) is 7.33. The number of guanidine groups is 1. The summed E-state index contributed by atoms with van der Waals surface area (Å²) in [4.78, 5) is 6.43. The number of likely N-dealkylation sites (tertiary alicyclic amines) is 1. The fraction of sp³-hybridized carbons (Fsp3) is 0.611. The minimum Gasteiger partial charge on any atom is -0.381 e. The van der Waals surface area contributed by atoms with Crippen molar-refractivity contribution in [2.45, 2.75) is 19.8 Å². The van der Waals surface area contributed by atoms with Gasteiger partial charge in [-0.05, 0) is 37.5 Å². The van der Waals surface area contributed by atoms with Crippen LogP contribution in [-0.2, 0) is 14.8 Å². The highest BCUT2D eigenvalue weighted by atomic mass is 32.2. The van der Waals surface area contributed by atoms with Gasteiger partial charge in [0, 0.05) is 38.7 Å². The average molecular weight is 399 g/mol. The van der Waals surface area contributed by atoms with Crippen LogP contribution in [0.25, 0.3) is 0 Å². The molecule has 2 fully saturated rings. The van der Waals surface area contributed by atoms with Crippen molar-refractivity contribution in [1.29, 1.82) is 0 Å². The third-order valence-electron chi connectivity index (χ3n) is 5.23. The van der Waals surface area contributed by atoms with Gasteiger partial charge in [-0.3, -0.25) is 9.71 Å². The van der Waals surface area contributed by atoms with Gasteiger partial charge in [-0.2, -0.15) is 0 Å². The molecule has 7 nitrogen and oxygen atoms in total. The molecule has 150 valence electrons. The predicted molar refractivity (Wildman–Crippen MR) is 104 cm³/mol. The fourth-order valence-electron chi connectivity index (χ4n) is 3.60. The summed E-state index contributed by atoms with van der Waals surface area (Å²) in [7, 11) is -1.89. The van der Waals surface area contributed by atoms with E-state index in [9.17, 15) is 12.8 Å². The van der Waals surface area contributed by atoms with E-state index in [1.165, 1.54) is 6.07 Å². The van der Waals surface area contributed by atoms with E-state index in [4.69, 9.17) is 4.74 Å². The Hall–Kier alpha value is -1.87. The van der Waals surface area contributed by atoms with Crippen molar-refractivity contribution in [1.82, 2.24) is 10.2 Å². The van der Waals surface area contributed by atoms with Crippen LogP contribution in [0.15, 0.2) is 23.2 Å². The Morgan fingerprint density at radius 2 is 2.22 bits per heavy atom. The molecule has 2 saturated heterocycles. The van der Waals surface area contributed by atoms with E-state index in [1.807, 2.05) is 0 Å². The van der Waals surface area contributed by atoms with Crippen LogP contribution in [-0.4, -0.2) is 64.9 Å². The van der Waals surface area contributed by atoms with Gasteiger partial charge in [0.05, 0.1) is 18.0 Å². The van der Waals surface area contributed by atoms with E-state index in [2.05, 4.69) is 19.9 Å². The molecule has 2 N–H and O–H groups in total. The van der Waals surface area contributed by atoms with Gasteiger partial charge >= 0.3 is 0 Å². The zero-order chi connectivity index (χ0) is 19.5. The molecule has 9 heteroatoms. The molecule has 1 unspecified atom stereocenters. The first-order valence-electron chi connectivity index (χ1n) is 9.13.